The largest absolute Gasteiger partial charge is 0.493 e. The lowest BCUT2D eigenvalue weighted by atomic mass is 9.86. The Kier molecular flexibility index (Phi) is 6.32. The lowest BCUT2D eigenvalue weighted by Crippen LogP contribution is -2.40. The molecule has 8 nitrogen and oxygen atoms in total. The third-order valence-electron chi connectivity index (χ3n) is 4.33. The number of hydrogen-bond donors (Lipinski definition) is 3. The fourth-order valence-corrected chi connectivity index (χ4v) is 2.99. The summed E-state index contributed by atoms with van der Waals surface area (Å²) in [7, 11) is 4.51. The Hall–Kier alpha value is -2.64. The van der Waals surface area contributed by atoms with Gasteiger partial charge in [-0.15, -0.1) is 0 Å². The molecule has 3 N–H and O–H groups in total. The van der Waals surface area contributed by atoms with Crippen LogP contribution in [0.25, 0.3) is 0 Å². The minimum Gasteiger partial charge on any atom is -0.493 e. The Morgan fingerprint density at radius 1 is 1.00 bits per heavy atom. The molecule has 2 rings (SSSR count). The molecule has 2 amide bonds. The van der Waals surface area contributed by atoms with Gasteiger partial charge in [0.2, 0.25) is 5.75 Å². The summed E-state index contributed by atoms with van der Waals surface area (Å²) in [5.74, 6) is 0.262. The van der Waals surface area contributed by atoms with Crippen molar-refractivity contribution >= 4 is 17.7 Å². The summed E-state index contributed by atoms with van der Waals surface area (Å²) in [5.41, 5.74) is 0.506. The van der Waals surface area contributed by atoms with Gasteiger partial charge in [-0.2, -0.15) is 0 Å². The molecule has 0 radical (unpaired) electrons. The second-order valence-electron chi connectivity index (χ2n) is 5.90. The molecule has 1 saturated carbocycles. The average Bonchev–Trinajstić information content (AvgIpc) is 2.61. The van der Waals surface area contributed by atoms with Gasteiger partial charge in [-0.3, -0.25) is 4.79 Å². The SMILES string of the molecule is COc1cc(NC(=O)NC2CCC(C(=O)O)CC2)cc(OC)c1OC. The first-order valence-electron chi connectivity index (χ1n) is 8.08. The predicted molar refractivity (Wildman–Crippen MR) is 91.6 cm³/mol. The standard InChI is InChI=1S/C17H24N2O6/c1-23-13-8-12(9-14(24-2)15(13)25-3)19-17(22)18-11-6-4-10(5-7-11)16(20)21/h8-11H,4-7H2,1-3H3,(H,20,21)(H2,18,19,22). The van der Waals surface area contributed by atoms with Crippen molar-refractivity contribution in [3.63, 3.8) is 0 Å². The molecule has 1 aromatic carbocycles. The summed E-state index contributed by atoms with van der Waals surface area (Å²) in [6.45, 7) is 0. The number of carbonyl (C=O) groups excluding carboxylic acids is 1. The molecule has 0 atom stereocenters. The number of amides is 2. The van der Waals surface area contributed by atoms with Gasteiger partial charge in [0.05, 0.1) is 32.9 Å². The fraction of sp³-hybridized carbons (Fsp3) is 0.529. The molecule has 1 aliphatic carbocycles. The molecule has 25 heavy (non-hydrogen) atoms. The van der Waals surface area contributed by atoms with E-state index in [0.29, 0.717) is 48.6 Å². The molecule has 0 spiro atoms. The Morgan fingerprint density at radius 2 is 1.56 bits per heavy atom. The van der Waals surface area contributed by atoms with Crippen molar-refractivity contribution in [3.05, 3.63) is 12.1 Å². The van der Waals surface area contributed by atoms with Crippen LogP contribution in [0.4, 0.5) is 10.5 Å². The molecule has 0 unspecified atom stereocenters. The number of ether oxygens (including phenoxy) is 3. The summed E-state index contributed by atoms with van der Waals surface area (Å²) in [4.78, 5) is 23.2. The van der Waals surface area contributed by atoms with Gasteiger partial charge in [0, 0.05) is 18.2 Å². The number of nitrogens with one attached hydrogen (secondary N) is 2. The number of aliphatic carboxylic acids is 1. The van der Waals surface area contributed by atoms with Crippen molar-refractivity contribution in [2.75, 3.05) is 26.6 Å². The highest BCUT2D eigenvalue weighted by molar-refractivity contribution is 5.90. The van der Waals surface area contributed by atoms with Crippen molar-refractivity contribution in [3.8, 4) is 17.2 Å². The van der Waals surface area contributed by atoms with E-state index in [-0.39, 0.29) is 18.0 Å². The average molecular weight is 352 g/mol. The van der Waals surface area contributed by atoms with Crippen molar-refractivity contribution in [1.29, 1.82) is 0 Å². The Morgan fingerprint density at radius 3 is 2.00 bits per heavy atom. The van der Waals surface area contributed by atoms with E-state index in [2.05, 4.69) is 10.6 Å². The highest BCUT2D eigenvalue weighted by Crippen LogP contribution is 2.39. The Labute approximate surface area is 146 Å². The zero-order valence-electron chi connectivity index (χ0n) is 14.6. The lowest BCUT2D eigenvalue weighted by Gasteiger charge is -2.26. The van der Waals surface area contributed by atoms with Crippen LogP contribution in [0.1, 0.15) is 25.7 Å². The van der Waals surface area contributed by atoms with Crippen LogP contribution in [0.5, 0.6) is 17.2 Å². The first kappa shape index (κ1) is 18.7. The molecular formula is C17H24N2O6. The smallest absolute Gasteiger partial charge is 0.319 e. The summed E-state index contributed by atoms with van der Waals surface area (Å²) in [6.07, 6.45) is 2.45. The van der Waals surface area contributed by atoms with Crippen molar-refractivity contribution < 1.29 is 28.9 Å². The molecule has 1 aromatic rings. The second kappa shape index (κ2) is 8.46. The van der Waals surface area contributed by atoms with E-state index in [1.165, 1.54) is 21.3 Å². The minimum absolute atomic E-state index is 0.0300. The van der Waals surface area contributed by atoms with Crippen LogP contribution in [0, 0.1) is 5.92 Å². The van der Waals surface area contributed by atoms with Crippen LogP contribution in [0.15, 0.2) is 12.1 Å². The van der Waals surface area contributed by atoms with Gasteiger partial charge in [-0.1, -0.05) is 0 Å². The molecule has 1 aliphatic rings. The van der Waals surface area contributed by atoms with Gasteiger partial charge >= 0.3 is 12.0 Å². The molecule has 1 fully saturated rings. The quantitative estimate of drug-likeness (QED) is 0.726. The fourth-order valence-electron chi connectivity index (χ4n) is 2.99. The highest BCUT2D eigenvalue weighted by atomic mass is 16.5. The van der Waals surface area contributed by atoms with Crippen LogP contribution in [0.2, 0.25) is 0 Å². The lowest BCUT2D eigenvalue weighted by molar-refractivity contribution is -0.142. The topological polar surface area (TPSA) is 106 Å². The van der Waals surface area contributed by atoms with E-state index in [1.54, 1.807) is 12.1 Å². The highest BCUT2D eigenvalue weighted by Gasteiger charge is 2.26. The zero-order valence-corrected chi connectivity index (χ0v) is 14.6. The van der Waals surface area contributed by atoms with Gasteiger partial charge in [0.25, 0.3) is 0 Å². The van der Waals surface area contributed by atoms with Crippen LogP contribution in [-0.2, 0) is 4.79 Å². The number of carboxylic acid groups (broad SMARTS) is 1. The van der Waals surface area contributed by atoms with E-state index in [4.69, 9.17) is 19.3 Å². The third kappa shape index (κ3) is 4.68. The molecule has 0 bridgehead atoms. The van der Waals surface area contributed by atoms with Crippen molar-refractivity contribution in [1.82, 2.24) is 5.32 Å². The molecule has 0 saturated heterocycles. The van der Waals surface area contributed by atoms with Gasteiger partial charge < -0.3 is 30.0 Å². The maximum atomic E-state index is 12.2. The summed E-state index contributed by atoms with van der Waals surface area (Å²) < 4.78 is 15.7. The first-order chi connectivity index (χ1) is 12.0. The van der Waals surface area contributed by atoms with E-state index in [1.807, 2.05) is 0 Å². The van der Waals surface area contributed by atoms with Gasteiger partial charge in [-0.25, -0.2) is 4.79 Å². The number of anilines is 1. The zero-order chi connectivity index (χ0) is 18.4. The normalized spacial score (nSPS) is 19.6. The molecule has 8 heteroatoms. The number of hydrogen-bond acceptors (Lipinski definition) is 5. The summed E-state index contributed by atoms with van der Waals surface area (Å²) in [5, 5.41) is 14.6. The van der Waals surface area contributed by atoms with Crippen LogP contribution < -0.4 is 24.8 Å². The van der Waals surface area contributed by atoms with E-state index in [9.17, 15) is 9.59 Å². The predicted octanol–water partition coefficient (Wildman–Crippen LogP) is 2.48. The third-order valence-corrected chi connectivity index (χ3v) is 4.33. The van der Waals surface area contributed by atoms with Crippen molar-refractivity contribution in [2.24, 2.45) is 5.92 Å². The number of urea groups is 1. The number of methoxy groups -OCH3 is 3. The molecule has 0 aromatic heterocycles. The molecule has 138 valence electrons. The summed E-state index contributed by atoms with van der Waals surface area (Å²) >= 11 is 0. The van der Waals surface area contributed by atoms with Gasteiger partial charge in [0.1, 0.15) is 0 Å². The van der Waals surface area contributed by atoms with Gasteiger partial charge in [-0.05, 0) is 25.7 Å². The van der Waals surface area contributed by atoms with E-state index in [0.717, 1.165) is 0 Å². The maximum Gasteiger partial charge on any atom is 0.319 e. The molecular weight excluding hydrogens is 328 g/mol. The van der Waals surface area contributed by atoms with Crippen LogP contribution in [0.3, 0.4) is 0 Å². The Bertz CT molecular complexity index is 601. The number of carboxylic acids is 1. The van der Waals surface area contributed by atoms with Crippen molar-refractivity contribution in [2.45, 2.75) is 31.7 Å². The summed E-state index contributed by atoms with van der Waals surface area (Å²) in [6, 6.07) is 2.90. The number of rotatable bonds is 6. The Balaban J connectivity index is 1.98. The maximum absolute atomic E-state index is 12.2. The minimum atomic E-state index is -0.764. The molecule has 0 aliphatic heterocycles. The monoisotopic (exact) mass is 352 g/mol. The van der Waals surface area contributed by atoms with Crippen LogP contribution in [-0.4, -0.2) is 44.5 Å². The molecule has 0 heterocycles. The second-order valence-corrected chi connectivity index (χ2v) is 5.90. The number of benzene rings is 1. The number of carbonyl (C=O) groups is 2. The van der Waals surface area contributed by atoms with E-state index >= 15 is 0 Å². The van der Waals surface area contributed by atoms with Gasteiger partial charge in [0.15, 0.2) is 11.5 Å². The first-order valence-corrected chi connectivity index (χ1v) is 8.08. The van der Waals surface area contributed by atoms with E-state index < -0.39 is 5.97 Å². The van der Waals surface area contributed by atoms with Crippen LogP contribution >= 0.6 is 0 Å².